The van der Waals surface area contributed by atoms with Gasteiger partial charge in [-0.1, -0.05) is 78.3 Å². The number of aliphatic hydroxyl groups is 1. The molecular weight excluding hydrogens is 971 g/mol. The van der Waals surface area contributed by atoms with Crippen LogP contribution in [0.1, 0.15) is 98.5 Å². The van der Waals surface area contributed by atoms with E-state index in [2.05, 4.69) is 47.5 Å². The molecule has 0 aromatic heterocycles. The lowest BCUT2D eigenvalue weighted by atomic mass is 9.96. The Hall–Kier alpha value is -7.42. The van der Waals surface area contributed by atoms with Gasteiger partial charge in [0, 0.05) is 25.8 Å². The van der Waals surface area contributed by atoms with E-state index in [0.29, 0.717) is 5.56 Å². The van der Waals surface area contributed by atoms with Gasteiger partial charge in [0.05, 0.1) is 13.2 Å². The molecule has 27 heteroatoms. The maximum absolute atomic E-state index is 14.1. The topological polar surface area (TPSA) is 461 Å². The number of aliphatic carboxylic acids is 2. The molecule has 0 saturated heterocycles. The van der Waals surface area contributed by atoms with E-state index < -0.39 is 164 Å². The number of nitrogens with zero attached hydrogens (tertiary/aromatic N) is 1. The van der Waals surface area contributed by atoms with Gasteiger partial charge < -0.3 is 80.8 Å². The molecule has 414 valence electrons. The standard InChI is InChI=1S/C47H77N13O14/c1-7-26(6)38(45(72)56-31(16-18-36(64)65)43(70)59-37(25(4)5)46(73)74)60-42(69)29(14-11-19-52-47(50)51)55-41(68)30(15-17-34(49)62)54-35(63)22-53-40(67)33(21-27-12-9-8-10-13-27)58-44(71)32(20-24(2)3)57-39(66)28(48)23-61/h8-10,12-13,24-26,28-33,37-38,61H,7,11,14-23,48H2,1-6H3,(H2,49,62)(H,53,67)(H,54,63)(H,55,68)(H,56,72)(H,57,66)(H,58,71)(H,59,70)(H,60,69)(H,64,65)(H,73,74)(H4,50,51,52)/t26-,28-,29-,30-,31-,32-,33-,37-,38-/m0/s1. The number of carbonyl (C=O) groups is 11. The summed E-state index contributed by atoms with van der Waals surface area (Å²) >= 11 is 0. The maximum Gasteiger partial charge on any atom is 0.326 e. The summed E-state index contributed by atoms with van der Waals surface area (Å²) in [6.07, 6.45) is -1.64. The lowest BCUT2D eigenvalue weighted by Gasteiger charge is -2.29. The summed E-state index contributed by atoms with van der Waals surface area (Å²) in [7, 11) is 0. The Labute approximate surface area is 429 Å². The summed E-state index contributed by atoms with van der Waals surface area (Å²) in [5, 5.41) is 48.1. The van der Waals surface area contributed by atoms with E-state index in [1.54, 1.807) is 58.0 Å². The SMILES string of the molecule is CC[C@H](C)[C@H](NC(=O)[C@H](CCCN=C(N)N)NC(=O)[C@H](CCC(N)=O)NC(=O)CNC(=O)[C@H](Cc1ccccc1)NC(=O)[C@H](CC(C)C)NC(=O)[C@@H](N)CO)C(=O)N[C@@H](CCC(=O)O)C(=O)N[C@H](C(=O)O)C(C)C. The summed E-state index contributed by atoms with van der Waals surface area (Å²) < 4.78 is 0. The van der Waals surface area contributed by atoms with Crippen LogP contribution in [-0.2, 0) is 59.2 Å². The molecule has 0 aliphatic carbocycles. The molecule has 74 heavy (non-hydrogen) atoms. The highest BCUT2D eigenvalue weighted by Crippen LogP contribution is 2.13. The molecular formula is C47H77N13O14. The van der Waals surface area contributed by atoms with Crippen LogP contribution in [0, 0.1) is 17.8 Å². The second kappa shape index (κ2) is 33.3. The van der Waals surface area contributed by atoms with Crippen LogP contribution in [0.25, 0.3) is 0 Å². The van der Waals surface area contributed by atoms with E-state index in [4.69, 9.17) is 22.9 Å². The number of benzene rings is 1. The molecule has 9 amide bonds. The number of rotatable bonds is 35. The van der Waals surface area contributed by atoms with Gasteiger partial charge in [-0.2, -0.15) is 0 Å². The van der Waals surface area contributed by atoms with E-state index in [-0.39, 0.29) is 50.5 Å². The first-order chi connectivity index (χ1) is 34.7. The Morgan fingerprint density at radius 1 is 0.608 bits per heavy atom. The van der Waals surface area contributed by atoms with Gasteiger partial charge in [-0.3, -0.25) is 52.9 Å². The summed E-state index contributed by atoms with van der Waals surface area (Å²) in [4.78, 5) is 148. The van der Waals surface area contributed by atoms with Crippen molar-refractivity contribution in [3.63, 3.8) is 0 Å². The number of primary amides is 1. The minimum absolute atomic E-state index is 0.0243. The lowest BCUT2D eigenvalue weighted by Crippen LogP contribution is -2.60. The van der Waals surface area contributed by atoms with Crippen molar-refractivity contribution in [3.05, 3.63) is 35.9 Å². The fraction of sp³-hybridized carbons (Fsp3) is 0.617. The molecule has 0 unspecified atom stereocenters. The first-order valence-corrected chi connectivity index (χ1v) is 24.3. The molecule has 0 radical (unpaired) electrons. The normalized spacial score (nSPS) is 14.7. The van der Waals surface area contributed by atoms with Gasteiger partial charge in [0.1, 0.15) is 48.3 Å². The highest BCUT2D eigenvalue weighted by Gasteiger charge is 2.36. The number of aliphatic hydroxyl groups excluding tert-OH is 1. The number of nitrogens with two attached hydrogens (primary N) is 4. The van der Waals surface area contributed by atoms with Gasteiger partial charge in [-0.25, -0.2) is 4.79 Å². The van der Waals surface area contributed by atoms with Gasteiger partial charge in [-0.05, 0) is 55.4 Å². The minimum atomic E-state index is -1.56. The molecule has 0 saturated carbocycles. The molecule has 0 heterocycles. The zero-order valence-corrected chi connectivity index (χ0v) is 42.8. The number of carbonyl (C=O) groups excluding carboxylic acids is 9. The number of guanidine groups is 1. The van der Waals surface area contributed by atoms with Crippen LogP contribution in [0.5, 0.6) is 0 Å². The number of aliphatic imine (C=N–C) groups is 1. The van der Waals surface area contributed by atoms with E-state index >= 15 is 0 Å². The number of hydrogen-bond acceptors (Lipinski definition) is 14. The Morgan fingerprint density at radius 3 is 1.65 bits per heavy atom. The van der Waals surface area contributed by atoms with Gasteiger partial charge >= 0.3 is 11.9 Å². The Morgan fingerprint density at radius 2 is 1.12 bits per heavy atom. The second-order valence-corrected chi connectivity index (χ2v) is 18.5. The van der Waals surface area contributed by atoms with E-state index in [9.17, 15) is 68.1 Å². The van der Waals surface area contributed by atoms with Crippen molar-refractivity contribution in [3.8, 4) is 0 Å². The number of hydrogen-bond donors (Lipinski definition) is 15. The molecule has 0 aliphatic rings. The van der Waals surface area contributed by atoms with Crippen molar-refractivity contribution < 1.29 is 68.1 Å². The van der Waals surface area contributed by atoms with Crippen LogP contribution in [-0.4, -0.2) is 154 Å². The molecule has 9 atom stereocenters. The van der Waals surface area contributed by atoms with Crippen molar-refractivity contribution in [1.29, 1.82) is 0 Å². The molecule has 0 fully saturated rings. The van der Waals surface area contributed by atoms with Crippen LogP contribution < -0.4 is 65.5 Å². The monoisotopic (exact) mass is 1050 g/mol. The first-order valence-electron chi connectivity index (χ1n) is 24.3. The minimum Gasteiger partial charge on any atom is -0.481 e. The average Bonchev–Trinajstić information content (AvgIpc) is 3.33. The first kappa shape index (κ1) is 64.6. The molecule has 0 bridgehead atoms. The molecule has 0 aliphatic heterocycles. The number of nitrogens with one attached hydrogen (secondary N) is 8. The van der Waals surface area contributed by atoms with Crippen LogP contribution >= 0.6 is 0 Å². The van der Waals surface area contributed by atoms with E-state index in [0.717, 1.165) is 0 Å². The molecule has 0 spiro atoms. The third-order valence-electron chi connectivity index (χ3n) is 11.4. The van der Waals surface area contributed by atoms with Crippen molar-refractivity contribution in [2.24, 2.45) is 45.7 Å². The Bertz CT molecular complexity index is 2110. The fourth-order valence-electron chi connectivity index (χ4n) is 7.05. The quantitative estimate of drug-likeness (QED) is 0.0175. The summed E-state index contributed by atoms with van der Waals surface area (Å²) in [6, 6.07) is -2.68. The van der Waals surface area contributed by atoms with Crippen LogP contribution in [0.3, 0.4) is 0 Å². The number of carboxylic acid groups (broad SMARTS) is 2. The van der Waals surface area contributed by atoms with Gasteiger partial charge in [-0.15, -0.1) is 0 Å². The predicted octanol–water partition coefficient (Wildman–Crippen LogP) is -3.92. The molecule has 1 aromatic rings. The molecule has 19 N–H and O–H groups in total. The van der Waals surface area contributed by atoms with Gasteiger partial charge in [0.15, 0.2) is 5.96 Å². The smallest absolute Gasteiger partial charge is 0.326 e. The van der Waals surface area contributed by atoms with Crippen molar-refractivity contribution in [1.82, 2.24) is 42.5 Å². The summed E-state index contributed by atoms with van der Waals surface area (Å²) in [5.41, 5.74) is 22.6. The van der Waals surface area contributed by atoms with Crippen LogP contribution in [0.15, 0.2) is 35.3 Å². The van der Waals surface area contributed by atoms with Crippen molar-refractivity contribution in [2.75, 3.05) is 19.7 Å². The fourth-order valence-corrected chi connectivity index (χ4v) is 7.05. The number of carboxylic acids is 2. The van der Waals surface area contributed by atoms with Crippen molar-refractivity contribution in [2.45, 2.75) is 148 Å². The summed E-state index contributed by atoms with van der Waals surface area (Å²) in [5.74, 6) is -12.4. The van der Waals surface area contributed by atoms with Crippen molar-refractivity contribution >= 4 is 71.1 Å². The van der Waals surface area contributed by atoms with Gasteiger partial charge in [0.2, 0.25) is 53.2 Å². The maximum atomic E-state index is 14.1. The Balaban J connectivity index is 3.47. The van der Waals surface area contributed by atoms with Crippen LogP contribution in [0.2, 0.25) is 0 Å². The second-order valence-electron chi connectivity index (χ2n) is 18.5. The zero-order valence-electron chi connectivity index (χ0n) is 42.8. The molecule has 1 aromatic carbocycles. The van der Waals surface area contributed by atoms with Crippen LogP contribution in [0.4, 0.5) is 0 Å². The third-order valence-corrected chi connectivity index (χ3v) is 11.4. The Kier molecular flexibility index (Phi) is 29.1. The summed E-state index contributed by atoms with van der Waals surface area (Å²) in [6.45, 7) is 8.45. The van der Waals surface area contributed by atoms with Gasteiger partial charge in [0.25, 0.3) is 0 Å². The predicted molar refractivity (Wildman–Crippen MR) is 268 cm³/mol. The van der Waals surface area contributed by atoms with E-state index in [1.165, 1.54) is 13.8 Å². The highest BCUT2D eigenvalue weighted by atomic mass is 16.4. The third kappa shape index (κ3) is 24.8. The lowest BCUT2D eigenvalue weighted by molar-refractivity contribution is -0.144. The zero-order chi connectivity index (χ0) is 56.2. The highest BCUT2D eigenvalue weighted by molar-refractivity contribution is 5.98. The van der Waals surface area contributed by atoms with E-state index in [1.807, 2.05) is 0 Å². The largest absolute Gasteiger partial charge is 0.481 e. The molecule has 27 nitrogen and oxygen atoms in total. The number of amides is 9. The molecule has 1 rings (SSSR count). The average molecular weight is 1050 g/mol.